The number of aliphatic imine (C=N–C) groups is 2. The van der Waals surface area contributed by atoms with Gasteiger partial charge in [-0.15, -0.1) is 0 Å². The summed E-state index contributed by atoms with van der Waals surface area (Å²) in [6, 6.07) is 6.07. The minimum absolute atomic E-state index is 0.261. The van der Waals surface area contributed by atoms with Crippen LogP contribution in [-0.4, -0.2) is 44.6 Å². The highest BCUT2D eigenvalue weighted by Gasteiger charge is 2.37. The van der Waals surface area contributed by atoms with E-state index in [1.165, 1.54) is 11.9 Å². The summed E-state index contributed by atoms with van der Waals surface area (Å²) < 4.78 is 7.46. The predicted molar refractivity (Wildman–Crippen MR) is 109 cm³/mol. The van der Waals surface area contributed by atoms with E-state index < -0.39 is 0 Å². The Labute approximate surface area is 159 Å². The Morgan fingerprint density at radius 2 is 2.19 bits per heavy atom. The van der Waals surface area contributed by atoms with E-state index in [2.05, 4.69) is 36.6 Å². The fourth-order valence-corrected chi connectivity index (χ4v) is 4.25. The number of hydrogen-bond acceptors (Lipinski definition) is 6. The van der Waals surface area contributed by atoms with Gasteiger partial charge in [0.25, 0.3) is 0 Å². The number of ether oxygens (including phenoxy) is 1. The highest BCUT2D eigenvalue weighted by Crippen LogP contribution is 2.48. The Morgan fingerprint density at radius 1 is 1.50 bits per heavy atom. The van der Waals surface area contributed by atoms with Crippen molar-refractivity contribution >= 4 is 30.2 Å². The summed E-state index contributed by atoms with van der Waals surface area (Å²) in [5.41, 5.74) is 9.70. The van der Waals surface area contributed by atoms with Gasteiger partial charge in [-0.2, -0.15) is 5.26 Å². The van der Waals surface area contributed by atoms with Crippen LogP contribution in [0.15, 0.2) is 32.6 Å². The van der Waals surface area contributed by atoms with Crippen molar-refractivity contribution in [2.24, 2.45) is 21.1 Å². The Hall–Kier alpha value is -2.30. The molecule has 0 fully saturated rings. The van der Waals surface area contributed by atoms with Crippen LogP contribution >= 0.6 is 11.9 Å². The van der Waals surface area contributed by atoms with E-state index in [9.17, 15) is 0 Å². The van der Waals surface area contributed by atoms with Gasteiger partial charge in [0.15, 0.2) is 0 Å². The molecule has 0 heterocycles. The van der Waals surface area contributed by atoms with Gasteiger partial charge in [-0.25, -0.2) is 4.31 Å². The molecule has 0 saturated heterocycles. The smallest absolute Gasteiger partial charge is 0.134 e. The maximum absolute atomic E-state index is 8.97. The molecule has 0 bridgehead atoms. The Bertz CT molecular complexity index is 820. The Balaban J connectivity index is 2.75. The molecule has 0 spiro atoms. The van der Waals surface area contributed by atoms with Crippen molar-refractivity contribution in [2.45, 2.75) is 25.2 Å². The normalized spacial score (nSPS) is 16.3. The standard InChI is InChI=1S/C19H25N5OS/c1-19(2)11-13-12(16(22-3)15(19)18(21)23-4)7-8-14(25-6)17(13)26-24(5)10-9-20/h7-8H,3,10-11H2,1-2,4-6H3,(H2,21,23). The molecule has 0 unspecified atom stereocenters. The van der Waals surface area contributed by atoms with Gasteiger partial charge in [-0.1, -0.05) is 13.8 Å². The van der Waals surface area contributed by atoms with E-state index in [4.69, 9.17) is 15.7 Å². The molecule has 0 radical (unpaired) electrons. The van der Waals surface area contributed by atoms with Crippen LogP contribution in [-0.2, 0) is 6.42 Å². The van der Waals surface area contributed by atoms with E-state index in [0.29, 0.717) is 12.4 Å². The monoisotopic (exact) mass is 371 g/mol. The third-order valence-electron chi connectivity index (χ3n) is 4.43. The summed E-state index contributed by atoms with van der Waals surface area (Å²) in [5.74, 6) is 1.26. The van der Waals surface area contributed by atoms with E-state index in [0.717, 1.165) is 39.5 Å². The molecule has 6 nitrogen and oxygen atoms in total. The first-order valence-electron chi connectivity index (χ1n) is 8.21. The van der Waals surface area contributed by atoms with Crippen LogP contribution in [0.2, 0.25) is 0 Å². The van der Waals surface area contributed by atoms with Gasteiger partial charge < -0.3 is 10.5 Å². The van der Waals surface area contributed by atoms with Gasteiger partial charge in [-0.3, -0.25) is 9.98 Å². The molecular weight excluding hydrogens is 346 g/mol. The molecule has 0 aliphatic heterocycles. The maximum Gasteiger partial charge on any atom is 0.134 e. The van der Waals surface area contributed by atoms with Gasteiger partial charge in [0.2, 0.25) is 0 Å². The molecule has 0 saturated carbocycles. The first kappa shape index (κ1) is 20.0. The Kier molecular flexibility index (Phi) is 6.11. The third kappa shape index (κ3) is 3.62. The van der Waals surface area contributed by atoms with Gasteiger partial charge in [-0.05, 0) is 55.2 Å². The van der Waals surface area contributed by atoms with Gasteiger partial charge in [0.05, 0.1) is 30.3 Å². The summed E-state index contributed by atoms with van der Waals surface area (Å²) in [5, 5.41) is 8.97. The van der Waals surface area contributed by atoms with Crippen LogP contribution < -0.4 is 10.5 Å². The molecule has 2 N–H and O–H groups in total. The molecule has 1 aromatic carbocycles. The maximum atomic E-state index is 8.97. The number of hydrogen-bond donors (Lipinski definition) is 1. The van der Waals surface area contributed by atoms with Crippen molar-refractivity contribution in [1.82, 2.24) is 4.31 Å². The summed E-state index contributed by atoms with van der Waals surface area (Å²) in [6.07, 6.45) is 0.757. The summed E-state index contributed by atoms with van der Waals surface area (Å²) >= 11 is 1.50. The van der Waals surface area contributed by atoms with Crippen LogP contribution in [0.25, 0.3) is 5.70 Å². The molecule has 138 valence electrons. The topological polar surface area (TPSA) is 87.0 Å². The van der Waals surface area contributed by atoms with Crippen LogP contribution in [0.4, 0.5) is 0 Å². The summed E-state index contributed by atoms with van der Waals surface area (Å²) in [7, 11) is 5.22. The number of benzene rings is 1. The molecule has 1 aromatic rings. The lowest BCUT2D eigenvalue weighted by molar-refractivity contribution is 0.397. The summed E-state index contributed by atoms with van der Waals surface area (Å²) in [6.45, 7) is 8.33. The molecule has 2 rings (SSSR count). The van der Waals surface area contributed by atoms with E-state index in [1.54, 1.807) is 14.2 Å². The lowest BCUT2D eigenvalue weighted by Gasteiger charge is -2.36. The zero-order valence-corrected chi connectivity index (χ0v) is 16.8. The summed E-state index contributed by atoms with van der Waals surface area (Å²) in [4.78, 5) is 9.47. The number of nitriles is 1. The molecule has 0 aromatic heterocycles. The van der Waals surface area contributed by atoms with E-state index in [1.807, 2.05) is 23.5 Å². The molecular formula is C19H25N5OS. The second-order valence-electron chi connectivity index (χ2n) is 6.71. The van der Waals surface area contributed by atoms with Gasteiger partial charge in [0.1, 0.15) is 11.6 Å². The van der Waals surface area contributed by atoms with E-state index in [-0.39, 0.29) is 5.41 Å². The fraction of sp³-hybridized carbons (Fsp3) is 0.421. The SMILES string of the molecule is C=NC1=C(C(N)=NC)C(C)(C)Cc2c1ccc(OC)c2SN(C)CC#N. The van der Waals surface area contributed by atoms with Crippen LogP contribution in [0, 0.1) is 16.7 Å². The number of nitrogens with zero attached hydrogens (tertiary/aromatic N) is 4. The third-order valence-corrected chi connectivity index (χ3v) is 5.50. The van der Waals surface area contributed by atoms with Crippen molar-refractivity contribution in [3.63, 3.8) is 0 Å². The number of amidine groups is 1. The fourth-order valence-electron chi connectivity index (χ4n) is 3.28. The predicted octanol–water partition coefficient (Wildman–Crippen LogP) is 3.14. The lowest BCUT2D eigenvalue weighted by Crippen LogP contribution is -2.33. The van der Waals surface area contributed by atoms with Crippen molar-refractivity contribution in [3.8, 4) is 11.8 Å². The van der Waals surface area contributed by atoms with Crippen molar-refractivity contribution in [1.29, 1.82) is 5.26 Å². The number of nitrogens with two attached hydrogens (primary N) is 1. The quantitative estimate of drug-likeness (QED) is 0.359. The first-order chi connectivity index (χ1) is 12.3. The number of methoxy groups -OCH3 is 1. The first-order valence-corrected chi connectivity index (χ1v) is 8.98. The molecule has 7 heteroatoms. The second kappa shape index (κ2) is 7.94. The number of fused-ring (bicyclic) bond motifs is 1. The Morgan fingerprint density at radius 3 is 2.73 bits per heavy atom. The molecule has 0 atom stereocenters. The van der Waals surface area contributed by atoms with Gasteiger partial charge >= 0.3 is 0 Å². The minimum atomic E-state index is -0.261. The highest BCUT2D eigenvalue weighted by molar-refractivity contribution is 7.97. The van der Waals surface area contributed by atoms with Gasteiger partial charge in [0, 0.05) is 18.2 Å². The van der Waals surface area contributed by atoms with Crippen LogP contribution in [0.5, 0.6) is 5.75 Å². The molecule has 1 aliphatic rings. The van der Waals surface area contributed by atoms with Crippen LogP contribution in [0.3, 0.4) is 0 Å². The van der Waals surface area contributed by atoms with Crippen LogP contribution in [0.1, 0.15) is 25.0 Å². The molecule has 26 heavy (non-hydrogen) atoms. The average molecular weight is 372 g/mol. The average Bonchev–Trinajstić information content (AvgIpc) is 2.60. The second-order valence-corrected chi connectivity index (χ2v) is 7.92. The zero-order valence-electron chi connectivity index (χ0n) is 16.0. The van der Waals surface area contributed by atoms with Crippen molar-refractivity contribution in [2.75, 3.05) is 27.7 Å². The minimum Gasteiger partial charge on any atom is -0.496 e. The van der Waals surface area contributed by atoms with Crippen molar-refractivity contribution in [3.05, 3.63) is 28.8 Å². The lowest BCUT2D eigenvalue weighted by atomic mass is 9.71. The molecule has 1 aliphatic carbocycles. The largest absolute Gasteiger partial charge is 0.496 e. The molecule has 0 amide bonds. The zero-order chi connectivity index (χ0) is 19.5. The highest BCUT2D eigenvalue weighted by atomic mass is 32.2. The van der Waals surface area contributed by atoms with Crippen molar-refractivity contribution < 1.29 is 4.74 Å². The number of rotatable bonds is 6. The van der Waals surface area contributed by atoms with E-state index >= 15 is 0 Å².